The van der Waals surface area contributed by atoms with Crippen LogP contribution in [0.4, 0.5) is 5.69 Å². The summed E-state index contributed by atoms with van der Waals surface area (Å²) in [6.45, 7) is 5.25. The number of sulfonamides is 1. The Bertz CT molecular complexity index is 1010. The summed E-state index contributed by atoms with van der Waals surface area (Å²) >= 11 is 1.44. The summed E-state index contributed by atoms with van der Waals surface area (Å²) in [5.74, 6) is 0.487. The van der Waals surface area contributed by atoms with Crippen LogP contribution in [0.25, 0.3) is 0 Å². The molecule has 1 saturated heterocycles. The number of anilines is 1. The number of rotatable bonds is 7. The van der Waals surface area contributed by atoms with Crippen molar-refractivity contribution < 1.29 is 17.9 Å². The molecule has 2 aromatic rings. The van der Waals surface area contributed by atoms with Gasteiger partial charge in [0.2, 0.25) is 0 Å². The molecule has 1 fully saturated rings. The van der Waals surface area contributed by atoms with Crippen molar-refractivity contribution in [2.45, 2.75) is 55.4 Å². The number of amides is 1. The lowest BCUT2D eigenvalue weighted by Gasteiger charge is -2.22. The SMILES string of the molecule is CSc1ccc(S(=O)(=O)Nc2cccc(OC(C)C)c2)cc1C(=O)N1CCCCCC1. The summed E-state index contributed by atoms with van der Waals surface area (Å²) in [4.78, 5) is 15.9. The molecule has 8 heteroatoms. The molecule has 0 aliphatic carbocycles. The molecule has 3 rings (SSSR count). The van der Waals surface area contributed by atoms with Crippen molar-refractivity contribution in [1.82, 2.24) is 4.90 Å². The van der Waals surface area contributed by atoms with E-state index in [1.165, 1.54) is 17.8 Å². The minimum Gasteiger partial charge on any atom is -0.491 e. The number of benzene rings is 2. The Hall–Kier alpha value is -2.19. The van der Waals surface area contributed by atoms with E-state index in [1.807, 2.05) is 25.0 Å². The van der Waals surface area contributed by atoms with Crippen LogP contribution in [0.15, 0.2) is 52.3 Å². The minimum atomic E-state index is -3.86. The molecule has 0 atom stereocenters. The first-order valence-corrected chi connectivity index (χ1v) is 13.3. The topological polar surface area (TPSA) is 75.7 Å². The van der Waals surface area contributed by atoms with Gasteiger partial charge in [0.1, 0.15) is 5.75 Å². The standard InChI is InChI=1S/C23H30N2O4S2/c1-17(2)29-19-10-8-9-18(15-19)24-31(27,28)20-11-12-22(30-3)21(16-20)23(26)25-13-6-4-5-7-14-25/h8-12,15-17,24H,4-7,13-14H2,1-3H3. The number of likely N-dealkylation sites (tertiary alicyclic amines) is 1. The van der Waals surface area contributed by atoms with Gasteiger partial charge in [-0.25, -0.2) is 8.42 Å². The van der Waals surface area contributed by atoms with Gasteiger partial charge < -0.3 is 9.64 Å². The van der Waals surface area contributed by atoms with Crippen molar-refractivity contribution in [2.24, 2.45) is 0 Å². The summed E-state index contributed by atoms with van der Waals surface area (Å²) in [5, 5.41) is 0. The van der Waals surface area contributed by atoms with E-state index in [0.29, 0.717) is 30.1 Å². The Morgan fingerprint density at radius 3 is 2.42 bits per heavy atom. The first-order chi connectivity index (χ1) is 14.8. The third-order valence-electron chi connectivity index (χ3n) is 5.06. The number of nitrogens with one attached hydrogen (secondary N) is 1. The Kier molecular flexibility index (Phi) is 7.89. The second-order valence-electron chi connectivity index (χ2n) is 7.87. The average Bonchev–Trinajstić information content (AvgIpc) is 3.02. The first kappa shape index (κ1) is 23.5. The molecule has 1 heterocycles. The van der Waals surface area contributed by atoms with Crippen molar-refractivity contribution in [2.75, 3.05) is 24.1 Å². The van der Waals surface area contributed by atoms with Crippen LogP contribution in [0, 0.1) is 0 Å². The highest BCUT2D eigenvalue weighted by Gasteiger charge is 2.23. The predicted octanol–water partition coefficient (Wildman–Crippen LogP) is 5.01. The molecule has 0 aromatic heterocycles. The van der Waals surface area contributed by atoms with Gasteiger partial charge in [0.25, 0.3) is 15.9 Å². The molecule has 0 radical (unpaired) electrons. The number of thioether (sulfide) groups is 1. The van der Waals surface area contributed by atoms with Gasteiger partial charge in [-0.15, -0.1) is 11.8 Å². The summed E-state index contributed by atoms with van der Waals surface area (Å²) < 4.78 is 34.4. The second kappa shape index (κ2) is 10.4. The highest BCUT2D eigenvalue weighted by atomic mass is 32.2. The van der Waals surface area contributed by atoms with E-state index in [0.717, 1.165) is 30.6 Å². The number of hydrogen-bond acceptors (Lipinski definition) is 5. The molecule has 31 heavy (non-hydrogen) atoms. The van der Waals surface area contributed by atoms with Crippen LogP contribution in [0.2, 0.25) is 0 Å². The monoisotopic (exact) mass is 462 g/mol. The van der Waals surface area contributed by atoms with Crippen LogP contribution in [-0.4, -0.2) is 44.7 Å². The highest BCUT2D eigenvalue weighted by Crippen LogP contribution is 2.28. The Labute approximate surface area is 189 Å². The molecule has 1 N–H and O–H groups in total. The summed E-state index contributed by atoms with van der Waals surface area (Å²) in [5.41, 5.74) is 0.849. The molecular weight excluding hydrogens is 432 g/mol. The zero-order valence-electron chi connectivity index (χ0n) is 18.3. The van der Waals surface area contributed by atoms with Crippen LogP contribution in [0.5, 0.6) is 5.75 Å². The smallest absolute Gasteiger partial charge is 0.261 e. The van der Waals surface area contributed by atoms with Crippen molar-refractivity contribution in [3.8, 4) is 5.75 Å². The van der Waals surface area contributed by atoms with Gasteiger partial charge in [0.15, 0.2) is 0 Å². The summed E-state index contributed by atoms with van der Waals surface area (Å²) in [6, 6.07) is 11.6. The van der Waals surface area contributed by atoms with E-state index in [4.69, 9.17) is 4.74 Å². The summed E-state index contributed by atoms with van der Waals surface area (Å²) in [6.07, 6.45) is 6.08. The molecule has 1 amide bonds. The van der Waals surface area contributed by atoms with Crippen LogP contribution >= 0.6 is 11.8 Å². The van der Waals surface area contributed by atoms with Crippen LogP contribution < -0.4 is 9.46 Å². The lowest BCUT2D eigenvalue weighted by atomic mass is 10.2. The van der Waals surface area contributed by atoms with Gasteiger partial charge in [-0.2, -0.15) is 0 Å². The van der Waals surface area contributed by atoms with Crippen LogP contribution in [-0.2, 0) is 10.0 Å². The fourth-order valence-electron chi connectivity index (χ4n) is 3.58. The molecule has 1 aliphatic rings. The van der Waals surface area contributed by atoms with Gasteiger partial charge in [0, 0.05) is 24.1 Å². The van der Waals surface area contributed by atoms with Crippen LogP contribution in [0.3, 0.4) is 0 Å². The molecule has 0 saturated carbocycles. The first-order valence-electron chi connectivity index (χ1n) is 10.6. The number of ether oxygens (including phenoxy) is 1. The fraction of sp³-hybridized carbons (Fsp3) is 0.435. The van der Waals surface area contributed by atoms with E-state index >= 15 is 0 Å². The predicted molar refractivity (Wildman–Crippen MR) is 126 cm³/mol. The third kappa shape index (κ3) is 6.17. The van der Waals surface area contributed by atoms with Crippen LogP contribution in [0.1, 0.15) is 49.9 Å². The number of carbonyl (C=O) groups excluding carboxylic acids is 1. The molecule has 2 aromatic carbocycles. The lowest BCUT2D eigenvalue weighted by molar-refractivity contribution is 0.0758. The van der Waals surface area contributed by atoms with Gasteiger partial charge >= 0.3 is 0 Å². The molecular formula is C23H30N2O4S2. The fourth-order valence-corrected chi connectivity index (χ4v) is 5.23. The lowest BCUT2D eigenvalue weighted by Crippen LogP contribution is -2.32. The van der Waals surface area contributed by atoms with E-state index in [2.05, 4.69) is 4.72 Å². The van der Waals surface area contributed by atoms with Crippen molar-refractivity contribution in [3.63, 3.8) is 0 Å². The molecule has 6 nitrogen and oxygen atoms in total. The zero-order chi connectivity index (χ0) is 22.4. The number of nitrogens with zero attached hydrogens (tertiary/aromatic N) is 1. The third-order valence-corrected chi connectivity index (χ3v) is 7.24. The van der Waals surface area contributed by atoms with Gasteiger partial charge in [-0.3, -0.25) is 9.52 Å². The zero-order valence-corrected chi connectivity index (χ0v) is 19.9. The average molecular weight is 463 g/mol. The molecule has 168 valence electrons. The van der Waals surface area contributed by atoms with Crippen molar-refractivity contribution in [3.05, 3.63) is 48.0 Å². The quantitative estimate of drug-likeness (QED) is 0.585. The Morgan fingerprint density at radius 1 is 1.06 bits per heavy atom. The number of carbonyl (C=O) groups is 1. The molecule has 0 bridgehead atoms. The van der Waals surface area contributed by atoms with Crippen molar-refractivity contribution >= 4 is 33.4 Å². The molecule has 0 spiro atoms. The Morgan fingerprint density at radius 2 is 1.77 bits per heavy atom. The van der Waals surface area contributed by atoms with Gasteiger partial charge in [0.05, 0.1) is 22.3 Å². The maximum Gasteiger partial charge on any atom is 0.261 e. The second-order valence-corrected chi connectivity index (χ2v) is 10.4. The van der Waals surface area contributed by atoms with Crippen molar-refractivity contribution in [1.29, 1.82) is 0 Å². The highest BCUT2D eigenvalue weighted by molar-refractivity contribution is 7.98. The van der Waals surface area contributed by atoms with E-state index < -0.39 is 10.0 Å². The van der Waals surface area contributed by atoms with Gasteiger partial charge in [-0.05, 0) is 63.3 Å². The maximum atomic E-state index is 13.2. The number of hydrogen-bond donors (Lipinski definition) is 1. The molecule has 1 aliphatic heterocycles. The van der Waals surface area contributed by atoms with E-state index in [9.17, 15) is 13.2 Å². The largest absolute Gasteiger partial charge is 0.491 e. The van der Waals surface area contributed by atoms with E-state index in [1.54, 1.807) is 36.4 Å². The maximum absolute atomic E-state index is 13.2. The minimum absolute atomic E-state index is 0.0153. The summed E-state index contributed by atoms with van der Waals surface area (Å²) in [7, 11) is -3.86. The molecule has 0 unspecified atom stereocenters. The van der Waals surface area contributed by atoms with E-state index in [-0.39, 0.29) is 16.9 Å². The Balaban J connectivity index is 1.88. The normalized spacial score (nSPS) is 14.9. The van der Waals surface area contributed by atoms with Gasteiger partial charge in [-0.1, -0.05) is 18.9 Å².